The fourth-order valence-corrected chi connectivity index (χ4v) is 3.16. The Labute approximate surface area is 142 Å². The molecule has 4 nitrogen and oxygen atoms in total. The molecule has 122 valence electrons. The second-order valence-corrected chi connectivity index (χ2v) is 6.39. The van der Waals surface area contributed by atoms with Gasteiger partial charge in [-0.05, 0) is 51.0 Å². The number of nitrogens with zero attached hydrogens (tertiary/aromatic N) is 2. The Morgan fingerprint density at radius 3 is 3.00 bits per heavy atom. The summed E-state index contributed by atoms with van der Waals surface area (Å²) in [6.45, 7) is 6.07. The lowest BCUT2D eigenvalue weighted by atomic mass is 10.2. The zero-order chi connectivity index (χ0) is 16.2. The number of nitrogens with one attached hydrogen (secondary N) is 1. The minimum atomic E-state index is 0.342. The molecule has 1 aromatic heterocycles. The Morgan fingerprint density at radius 2 is 2.26 bits per heavy atom. The first kappa shape index (κ1) is 16.1. The van der Waals surface area contributed by atoms with Gasteiger partial charge < -0.3 is 9.30 Å². The summed E-state index contributed by atoms with van der Waals surface area (Å²) in [5, 5.41) is 5.02. The molecule has 23 heavy (non-hydrogen) atoms. The number of ether oxygens (including phenoxy) is 1. The summed E-state index contributed by atoms with van der Waals surface area (Å²) in [5.74, 6) is 0. The third kappa shape index (κ3) is 3.95. The number of hydrogen-bond acceptors (Lipinski definition) is 3. The van der Waals surface area contributed by atoms with Crippen LogP contribution in [0.15, 0.2) is 35.4 Å². The molecule has 0 aliphatic carbocycles. The molecular weight excluding hydrogens is 310 g/mol. The maximum atomic E-state index is 5.96. The van der Waals surface area contributed by atoms with E-state index in [-0.39, 0.29) is 0 Å². The van der Waals surface area contributed by atoms with E-state index in [9.17, 15) is 0 Å². The van der Waals surface area contributed by atoms with Crippen molar-refractivity contribution in [1.29, 1.82) is 0 Å². The highest BCUT2D eigenvalue weighted by molar-refractivity contribution is 6.30. The van der Waals surface area contributed by atoms with Gasteiger partial charge >= 0.3 is 0 Å². The van der Waals surface area contributed by atoms with Gasteiger partial charge in [0.05, 0.1) is 18.0 Å². The Kier molecular flexibility index (Phi) is 5.03. The zero-order valence-electron chi connectivity index (χ0n) is 13.6. The van der Waals surface area contributed by atoms with Gasteiger partial charge in [0.15, 0.2) is 0 Å². The van der Waals surface area contributed by atoms with Crippen molar-refractivity contribution in [2.24, 2.45) is 5.10 Å². The van der Waals surface area contributed by atoms with Crippen LogP contribution in [0.2, 0.25) is 5.02 Å². The molecule has 1 aromatic carbocycles. The highest BCUT2D eigenvalue weighted by atomic mass is 35.5. The molecule has 3 rings (SSSR count). The smallest absolute Gasteiger partial charge is 0.0754 e. The van der Waals surface area contributed by atoms with E-state index in [2.05, 4.69) is 35.0 Å². The molecule has 2 heterocycles. The number of hydrogen-bond donors (Lipinski definition) is 1. The van der Waals surface area contributed by atoms with Gasteiger partial charge in [0.25, 0.3) is 0 Å². The van der Waals surface area contributed by atoms with Gasteiger partial charge in [-0.1, -0.05) is 17.7 Å². The zero-order valence-corrected chi connectivity index (χ0v) is 14.3. The SMILES string of the molecule is Cc1cc(/C=N\Nc2cccc(Cl)c2)c(C)n1C[C@H]1CCCO1. The lowest BCUT2D eigenvalue weighted by molar-refractivity contribution is 0.0962. The third-order valence-corrected chi connectivity index (χ3v) is 4.48. The number of halogens is 1. The van der Waals surface area contributed by atoms with Crippen LogP contribution in [0.1, 0.15) is 29.8 Å². The fraction of sp³-hybridized carbons (Fsp3) is 0.389. The van der Waals surface area contributed by atoms with Crippen LogP contribution in [0.25, 0.3) is 0 Å². The number of aryl methyl sites for hydroxylation is 1. The van der Waals surface area contributed by atoms with E-state index in [1.807, 2.05) is 30.5 Å². The lowest BCUT2D eigenvalue weighted by Crippen LogP contribution is -2.16. The molecular formula is C18H22ClN3O. The summed E-state index contributed by atoms with van der Waals surface area (Å²) >= 11 is 5.96. The number of rotatable bonds is 5. The van der Waals surface area contributed by atoms with E-state index in [4.69, 9.17) is 16.3 Å². The summed E-state index contributed by atoms with van der Waals surface area (Å²) in [5.41, 5.74) is 7.47. The van der Waals surface area contributed by atoms with Crippen LogP contribution in [0.3, 0.4) is 0 Å². The van der Waals surface area contributed by atoms with Crippen LogP contribution in [-0.2, 0) is 11.3 Å². The maximum absolute atomic E-state index is 5.96. The monoisotopic (exact) mass is 331 g/mol. The summed E-state index contributed by atoms with van der Waals surface area (Å²) in [6.07, 6.45) is 4.52. The summed E-state index contributed by atoms with van der Waals surface area (Å²) < 4.78 is 8.06. The topological polar surface area (TPSA) is 38.5 Å². The molecule has 2 aromatic rings. The maximum Gasteiger partial charge on any atom is 0.0754 e. The number of aromatic nitrogens is 1. The molecule has 1 aliphatic heterocycles. The quantitative estimate of drug-likeness (QED) is 0.652. The molecule has 0 unspecified atom stereocenters. The van der Waals surface area contributed by atoms with E-state index in [0.717, 1.165) is 30.8 Å². The van der Waals surface area contributed by atoms with Gasteiger partial charge in [0.2, 0.25) is 0 Å². The minimum Gasteiger partial charge on any atom is -0.376 e. The van der Waals surface area contributed by atoms with Gasteiger partial charge in [-0.2, -0.15) is 5.10 Å². The predicted molar refractivity (Wildman–Crippen MR) is 95.5 cm³/mol. The minimum absolute atomic E-state index is 0.342. The first-order valence-electron chi connectivity index (χ1n) is 7.96. The van der Waals surface area contributed by atoms with Crippen molar-refractivity contribution in [1.82, 2.24) is 4.57 Å². The molecule has 0 saturated carbocycles. The van der Waals surface area contributed by atoms with Crippen LogP contribution in [0.4, 0.5) is 5.69 Å². The van der Waals surface area contributed by atoms with Crippen LogP contribution in [-0.4, -0.2) is 23.5 Å². The lowest BCUT2D eigenvalue weighted by Gasteiger charge is -2.14. The van der Waals surface area contributed by atoms with Gasteiger partial charge in [0, 0.05) is 35.1 Å². The normalized spacial score (nSPS) is 18.0. The molecule has 1 N–H and O–H groups in total. The van der Waals surface area contributed by atoms with E-state index >= 15 is 0 Å². The second-order valence-electron chi connectivity index (χ2n) is 5.95. The van der Waals surface area contributed by atoms with Crippen molar-refractivity contribution in [3.05, 3.63) is 52.3 Å². The summed E-state index contributed by atoms with van der Waals surface area (Å²) in [7, 11) is 0. The van der Waals surface area contributed by atoms with Crippen molar-refractivity contribution in [2.75, 3.05) is 12.0 Å². The molecule has 1 saturated heterocycles. The van der Waals surface area contributed by atoms with Gasteiger partial charge in [-0.3, -0.25) is 5.43 Å². The molecule has 0 bridgehead atoms. The molecule has 0 spiro atoms. The predicted octanol–water partition coefficient (Wildman–Crippen LogP) is 4.38. The van der Waals surface area contributed by atoms with Crippen molar-refractivity contribution < 1.29 is 4.74 Å². The van der Waals surface area contributed by atoms with Gasteiger partial charge in [-0.25, -0.2) is 0 Å². The first-order valence-corrected chi connectivity index (χ1v) is 8.34. The fourth-order valence-electron chi connectivity index (χ4n) is 2.97. The number of anilines is 1. The molecule has 0 radical (unpaired) electrons. The van der Waals surface area contributed by atoms with Crippen LogP contribution in [0, 0.1) is 13.8 Å². The summed E-state index contributed by atoms with van der Waals surface area (Å²) in [6, 6.07) is 9.68. The molecule has 0 amide bonds. The third-order valence-electron chi connectivity index (χ3n) is 4.24. The molecule has 1 fully saturated rings. The number of benzene rings is 1. The van der Waals surface area contributed by atoms with Crippen molar-refractivity contribution in [2.45, 2.75) is 39.3 Å². The van der Waals surface area contributed by atoms with Gasteiger partial charge in [-0.15, -0.1) is 0 Å². The average Bonchev–Trinajstić information content (AvgIpc) is 3.12. The standard InChI is InChI=1S/C18H22ClN3O/c1-13-9-15(11-20-21-17-6-3-5-16(19)10-17)14(2)22(13)12-18-7-4-8-23-18/h3,5-6,9-11,18,21H,4,7-8,12H2,1-2H3/b20-11-/t18-/m1/s1. The van der Waals surface area contributed by atoms with Gasteiger partial charge in [0.1, 0.15) is 0 Å². The first-order chi connectivity index (χ1) is 11.1. The van der Waals surface area contributed by atoms with Crippen molar-refractivity contribution in [3.8, 4) is 0 Å². The Bertz CT molecular complexity index is 702. The molecule has 5 heteroatoms. The second kappa shape index (κ2) is 7.20. The van der Waals surface area contributed by atoms with E-state index < -0.39 is 0 Å². The van der Waals surface area contributed by atoms with E-state index in [1.54, 1.807) is 0 Å². The largest absolute Gasteiger partial charge is 0.376 e. The Morgan fingerprint density at radius 1 is 1.39 bits per heavy atom. The molecule has 1 aliphatic rings. The Hall–Kier alpha value is -1.78. The highest BCUT2D eigenvalue weighted by Crippen LogP contribution is 2.20. The molecule has 1 atom stereocenters. The van der Waals surface area contributed by atoms with E-state index in [0.29, 0.717) is 11.1 Å². The Balaban J connectivity index is 1.69. The van der Waals surface area contributed by atoms with Crippen LogP contribution < -0.4 is 5.43 Å². The van der Waals surface area contributed by atoms with Crippen molar-refractivity contribution in [3.63, 3.8) is 0 Å². The van der Waals surface area contributed by atoms with Crippen LogP contribution >= 0.6 is 11.6 Å². The van der Waals surface area contributed by atoms with Crippen LogP contribution in [0.5, 0.6) is 0 Å². The number of hydrazone groups is 1. The van der Waals surface area contributed by atoms with E-state index in [1.165, 1.54) is 17.8 Å². The highest BCUT2D eigenvalue weighted by Gasteiger charge is 2.18. The van der Waals surface area contributed by atoms with Crippen molar-refractivity contribution >= 4 is 23.5 Å². The summed E-state index contributed by atoms with van der Waals surface area (Å²) in [4.78, 5) is 0. The average molecular weight is 332 g/mol.